The molecule has 0 spiro atoms. The molecule has 0 aromatic carbocycles. The minimum atomic E-state index is 0.686. The van der Waals surface area contributed by atoms with Crippen LogP contribution in [0.5, 0.6) is 0 Å². The molecule has 0 atom stereocenters. The smallest absolute Gasteiger partial charge is 0.225 e. The highest BCUT2D eigenvalue weighted by atomic mass is 32.1. The van der Waals surface area contributed by atoms with Gasteiger partial charge in [0.25, 0.3) is 0 Å². The summed E-state index contributed by atoms with van der Waals surface area (Å²) in [5, 5.41) is 7.58. The van der Waals surface area contributed by atoms with Crippen LogP contribution in [0.25, 0.3) is 10.2 Å². The van der Waals surface area contributed by atoms with Crippen molar-refractivity contribution in [2.75, 3.05) is 24.2 Å². The maximum atomic E-state index is 4.51. The summed E-state index contributed by atoms with van der Waals surface area (Å²) in [5.41, 5.74) is 0. The molecule has 0 aliphatic carbocycles. The van der Waals surface area contributed by atoms with Gasteiger partial charge in [-0.15, -0.1) is 11.3 Å². The molecule has 0 bridgehead atoms. The first-order chi connectivity index (χ1) is 8.78. The standard InChI is InChI=1S/C13H20N4S/c1-4-6-7-15-11-10-8-9(5-2)18-12(10)17-13(14-3)16-11/h8H,4-7H2,1-3H3,(H2,14,15,16,17). The fourth-order valence-corrected chi connectivity index (χ4v) is 2.74. The summed E-state index contributed by atoms with van der Waals surface area (Å²) in [5.74, 6) is 1.64. The first kappa shape index (κ1) is 13.1. The Hall–Kier alpha value is -1.36. The highest BCUT2D eigenvalue weighted by molar-refractivity contribution is 7.18. The predicted molar refractivity (Wildman–Crippen MR) is 79.7 cm³/mol. The molecular formula is C13H20N4S. The Morgan fingerprint density at radius 2 is 2.11 bits per heavy atom. The minimum absolute atomic E-state index is 0.686. The predicted octanol–water partition coefficient (Wildman–Crippen LogP) is 3.51. The number of hydrogen-bond acceptors (Lipinski definition) is 5. The van der Waals surface area contributed by atoms with Gasteiger partial charge in [-0.1, -0.05) is 20.3 Å². The van der Waals surface area contributed by atoms with Gasteiger partial charge in [0, 0.05) is 18.5 Å². The SMILES string of the molecule is CCCCNc1nc(NC)nc2sc(CC)cc12. The number of nitrogens with zero attached hydrogens (tertiary/aromatic N) is 2. The van der Waals surface area contributed by atoms with E-state index in [1.54, 1.807) is 11.3 Å². The summed E-state index contributed by atoms with van der Waals surface area (Å²) in [7, 11) is 1.85. The van der Waals surface area contributed by atoms with Gasteiger partial charge in [-0.25, -0.2) is 4.98 Å². The van der Waals surface area contributed by atoms with Gasteiger partial charge in [-0.3, -0.25) is 0 Å². The van der Waals surface area contributed by atoms with E-state index in [-0.39, 0.29) is 0 Å². The molecule has 2 heterocycles. The minimum Gasteiger partial charge on any atom is -0.369 e. The van der Waals surface area contributed by atoms with Gasteiger partial charge < -0.3 is 10.6 Å². The molecule has 2 aromatic rings. The summed E-state index contributed by atoms with van der Waals surface area (Å²) in [6, 6.07) is 2.20. The second kappa shape index (κ2) is 6.00. The zero-order chi connectivity index (χ0) is 13.0. The van der Waals surface area contributed by atoms with E-state index in [1.807, 2.05) is 7.05 Å². The Bertz CT molecular complexity index is 521. The second-order valence-corrected chi connectivity index (χ2v) is 5.33. The first-order valence-corrected chi connectivity index (χ1v) is 7.32. The van der Waals surface area contributed by atoms with Crippen molar-refractivity contribution in [3.8, 4) is 0 Å². The van der Waals surface area contributed by atoms with E-state index >= 15 is 0 Å². The molecule has 4 nitrogen and oxygen atoms in total. The molecule has 0 saturated carbocycles. The van der Waals surface area contributed by atoms with Crippen molar-refractivity contribution in [1.82, 2.24) is 9.97 Å². The van der Waals surface area contributed by atoms with Gasteiger partial charge in [-0.2, -0.15) is 4.98 Å². The van der Waals surface area contributed by atoms with Crippen molar-refractivity contribution < 1.29 is 0 Å². The molecule has 0 radical (unpaired) electrons. The number of nitrogens with one attached hydrogen (secondary N) is 2. The quantitative estimate of drug-likeness (QED) is 0.784. The number of aryl methyl sites for hydroxylation is 1. The number of aromatic nitrogens is 2. The lowest BCUT2D eigenvalue weighted by Gasteiger charge is -2.07. The van der Waals surface area contributed by atoms with Crippen LogP contribution in [0.1, 0.15) is 31.6 Å². The van der Waals surface area contributed by atoms with Crippen LogP contribution in [0.2, 0.25) is 0 Å². The summed E-state index contributed by atoms with van der Waals surface area (Å²) >= 11 is 1.75. The number of rotatable bonds is 6. The van der Waals surface area contributed by atoms with Crippen LogP contribution in [0.3, 0.4) is 0 Å². The van der Waals surface area contributed by atoms with Crippen LogP contribution in [-0.2, 0) is 6.42 Å². The molecule has 0 amide bonds. The lowest BCUT2D eigenvalue weighted by Crippen LogP contribution is -2.05. The molecule has 0 unspecified atom stereocenters. The molecular weight excluding hydrogens is 244 g/mol. The van der Waals surface area contributed by atoms with Crippen LogP contribution < -0.4 is 10.6 Å². The zero-order valence-electron chi connectivity index (χ0n) is 11.2. The summed E-state index contributed by atoms with van der Waals surface area (Å²) in [6.45, 7) is 5.32. The van der Waals surface area contributed by atoms with Crippen LogP contribution in [-0.4, -0.2) is 23.6 Å². The van der Waals surface area contributed by atoms with Crippen molar-refractivity contribution in [2.45, 2.75) is 33.1 Å². The molecule has 5 heteroatoms. The van der Waals surface area contributed by atoms with Gasteiger partial charge in [0.1, 0.15) is 10.6 Å². The maximum absolute atomic E-state index is 4.51. The third-order valence-electron chi connectivity index (χ3n) is 2.84. The fraction of sp³-hybridized carbons (Fsp3) is 0.538. The van der Waals surface area contributed by atoms with Gasteiger partial charge in [0.15, 0.2) is 0 Å². The largest absolute Gasteiger partial charge is 0.369 e. The summed E-state index contributed by atoms with van der Waals surface area (Å²) in [6.07, 6.45) is 3.39. The number of thiophene rings is 1. The first-order valence-electron chi connectivity index (χ1n) is 6.50. The number of fused-ring (bicyclic) bond motifs is 1. The van der Waals surface area contributed by atoms with Crippen LogP contribution in [0, 0.1) is 0 Å². The topological polar surface area (TPSA) is 49.8 Å². The highest BCUT2D eigenvalue weighted by Gasteiger charge is 2.10. The Balaban J connectivity index is 2.37. The summed E-state index contributed by atoms with van der Waals surface area (Å²) in [4.78, 5) is 11.4. The van der Waals surface area contributed by atoms with Crippen molar-refractivity contribution in [3.05, 3.63) is 10.9 Å². The average molecular weight is 264 g/mol. The molecule has 0 fully saturated rings. The monoisotopic (exact) mass is 264 g/mol. The Morgan fingerprint density at radius 3 is 2.78 bits per heavy atom. The van der Waals surface area contributed by atoms with Gasteiger partial charge in [0.05, 0.1) is 5.39 Å². The van der Waals surface area contributed by atoms with Crippen molar-refractivity contribution in [3.63, 3.8) is 0 Å². The number of anilines is 2. The number of hydrogen-bond donors (Lipinski definition) is 2. The molecule has 0 saturated heterocycles. The van der Waals surface area contributed by atoms with E-state index in [2.05, 4.69) is 40.5 Å². The van der Waals surface area contributed by atoms with Crippen molar-refractivity contribution in [1.29, 1.82) is 0 Å². The maximum Gasteiger partial charge on any atom is 0.225 e. The Labute approximate surface area is 112 Å². The van der Waals surface area contributed by atoms with Crippen molar-refractivity contribution >= 4 is 33.3 Å². The van der Waals surface area contributed by atoms with E-state index in [1.165, 1.54) is 11.3 Å². The van der Waals surface area contributed by atoms with Gasteiger partial charge >= 0.3 is 0 Å². The molecule has 0 aliphatic rings. The van der Waals surface area contributed by atoms with Crippen LogP contribution >= 0.6 is 11.3 Å². The van der Waals surface area contributed by atoms with E-state index in [0.717, 1.165) is 35.4 Å². The molecule has 98 valence electrons. The Morgan fingerprint density at radius 1 is 1.28 bits per heavy atom. The lowest BCUT2D eigenvalue weighted by molar-refractivity contribution is 0.832. The highest BCUT2D eigenvalue weighted by Crippen LogP contribution is 2.30. The third-order valence-corrected chi connectivity index (χ3v) is 4.01. The molecule has 0 aliphatic heterocycles. The zero-order valence-corrected chi connectivity index (χ0v) is 12.0. The van der Waals surface area contributed by atoms with E-state index in [0.29, 0.717) is 5.95 Å². The molecule has 18 heavy (non-hydrogen) atoms. The Kier molecular flexibility index (Phi) is 4.36. The lowest BCUT2D eigenvalue weighted by atomic mass is 10.3. The molecule has 2 aromatic heterocycles. The average Bonchev–Trinajstić information content (AvgIpc) is 2.81. The fourth-order valence-electron chi connectivity index (χ4n) is 1.78. The van der Waals surface area contributed by atoms with Crippen LogP contribution in [0.15, 0.2) is 6.07 Å². The van der Waals surface area contributed by atoms with Gasteiger partial charge in [-0.05, 0) is 18.9 Å². The molecule has 2 rings (SSSR count). The van der Waals surface area contributed by atoms with E-state index in [9.17, 15) is 0 Å². The van der Waals surface area contributed by atoms with Crippen LogP contribution in [0.4, 0.5) is 11.8 Å². The van der Waals surface area contributed by atoms with E-state index < -0.39 is 0 Å². The normalized spacial score (nSPS) is 10.8. The second-order valence-electron chi connectivity index (χ2n) is 4.21. The van der Waals surface area contributed by atoms with Crippen molar-refractivity contribution in [2.24, 2.45) is 0 Å². The van der Waals surface area contributed by atoms with E-state index in [4.69, 9.17) is 0 Å². The summed E-state index contributed by atoms with van der Waals surface area (Å²) < 4.78 is 0. The van der Waals surface area contributed by atoms with Gasteiger partial charge in [0.2, 0.25) is 5.95 Å². The molecule has 2 N–H and O–H groups in total. The third kappa shape index (κ3) is 2.72. The number of unbranched alkanes of at least 4 members (excludes halogenated alkanes) is 1.